The quantitative estimate of drug-likeness (QED) is 0.282. The molecule has 9 heteroatoms. The summed E-state index contributed by atoms with van der Waals surface area (Å²) in [6.45, 7) is 1.79. The highest BCUT2D eigenvalue weighted by Gasteiger charge is 2.39. The summed E-state index contributed by atoms with van der Waals surface area (Å²) in [6, 6.07) is 17.6. The Kier molecular flexibility index (Phi) is 6.58. The number of imide groups is 1. The Bertz CT molecular complexity index is 1320. The van der Waals surface area contributed by atoms with Crippen LogP contribution in [0.15, 0.2) is 77.5 Å². The molecule has 172 valence electrons. The van der Waals surface area contributed by atoms with Crippen molar-refractivity contribution in [3.63, 3.8) is 0 Å². The van der Waals surface area contributed by atoms with Gasteiger partial charge in [0.05, 0.1) is 18.4 Å². The molecule has 0 spiro atoms. The van der Waals surface area contributed by atoms with Crippen LogP contribution in [0.2, 0.25) is 5.02 Å². The van der Waals surface area contributed by atoms with Crippen LogP contribution in [-0.2, 0) is 9.59 Å². The first-order valence-electron chi connectivity index (χ1n) is 10.1. The standard InChI is InChI=1S/C25H18Cl2N2O5/c1-14-13-16(26)5-12-20(14)34-25(32)15-3-6-17(7-4-15)28-22-21(27)23(30)29(24(22)31)18-8-10-19(33-2)11-9-18/h3-13,28H,1-2H3. The minimum absolute atomic E-state index is 0.0606. The normalized spacial score (nSPS) is 13.4. The number of nitrogens with zero attached hydrogens (tertiary/aromatic N) is 1. The van der Waals surface area contributed by atoms with Crippen LogP contribution >= 0.6 is 23.2 Å². The van der Waals surface area contributed by atoms with Crippen molar-refractivity contribution in [2.45, 2.75) is 6.92 Å². The summed E-state index contributed by atoms with van der Waals surface area (Å²) >= 11 is 12.1. The summed E-state index contributed by atoms with van der Waals surface area (Å²) in [5.41, 5.74) is 1.79. The molecular formula is C25H18Cl2N2O5. The fourth-order valence-corrected chi connectivity index (χ4v) is 3.74. The molecule has 0 bridgehead atoms. The number of esters is 1. The largest absolute Gasteiger partial charge is 0.497 e. The highest BCUT2D eigenvalue weighted by molar-refractivity contribution is 6.53. The highest BCUT2D eigenvalue weighted by Crippen LogP contribution is 2.31. The number of aryl methyl sites for hydroxylation is 1. The van der Waals surface area contributed by atoms with Gasteiger partial charge in [-0.05, 0) is 79.2 Å². The lowest BCUT2D eigenvalue weighted by molar-refractivity contribution is -0.120. The van der Waals surface area contributed by atoms with E-state index in [-0.39, 0.29) is 10.7 Å². The molecule has 7 nitrogen and oxygen atoms in total. The lowest BCUT2D eigenvalue weighted by atomic mass is 10.2. The van der Waals surface area contributed by atoms with Crippen LogP contribution < -0.4 is 19.7 Å². The fraction of sp³-hybridized carbons (Fsp3) is 0.0800. The maximum absolute atomic E-state index is 12.9. The van der Waals surface area contributed by atoms with Gasteiger partial charge in [0.15, 0.2) is 0 Å². The lowest BCUT2D eigenvalue weighted by Crippen LogP contribution is -2.32. The zero-order valence-corrected chi connectivity index (χ0v) is 19.6. The molecule has 2 amide bonds. The second-order valence-electron chi connectivity index (χ2n) is 7.33. The molecule has 3 aromatic rings. The fourth-order valence-electron chi connectivity index (χ4n) is 3.30. The zero-order valence-electron chi connectivity index (χ0n) is 18.1. The predicted octanol–water partition coefficient (Wildman–Crippen LogP) is 5.31. The van der Waals surface area contributed by atoms with E-state index in [2.05, 4.69) is 5.32 Å². The van der Waals surface area contributed by atoms with E-state index in [1.165, 1.54) is 19.2 Å². The molecule has 0 saturated heterocycles. The average molecular weight is 497 g/mol. The van der Waals surface area contributed by atoms with Crippen molar-refractivity contribution in [1.29, 1.82) is 0 Å². The van der Waals surface area contributed by atoms with Crippen LogP contribution in [0.1, 0.15) is 15.9 Å². The summed E-state index contributed by atoms with van der Waals surface area (Å²) < 4.78 is 10.5. The van der Waals surface area contributed by atoms with Crippen molar-refractivity contribution in [3.05, 3.63) is 93.6 Å². The van der Waals surface area contributed by atoms with Crippen LogP contribution in [0.5, 0.6) is 11.5 Å². The molecule has 1 aliphatic rings. The molecule has 1 heterocycles. The molecule has 0 saturated carbocycles. The number of carbonyl (C=O) groups is 3. The first-order valence-corrected chi connectivity index (χ1v) is 10.8. The van der Waals surface area contributed by atoms with Crippen LogP contribution in [-0.4, -0.2) is 24.9 Å². The maximum Gasteiger partial charge on any atom is 0.343 e. The monoisotopic (exact) mass is 496 g/mol. The van der Waals surface area contributed by atoms with Gasteiger partial charge in [0, 0.05) is 10.7 Å². The van der Waals surface area contributed by atoms with Crippen molar-refractivity contribution in [1.82, 2.24) is 0 Å². The van der Waals surface area contributed by atoms with E-state index in [4.69, 9.17) is 32.7 Å². The van der Waals surface area contributed by atoms with Crippen LogP contribution in [0, 0.1) is 6.92 Å². The maximum atomic E-state index is 12.9. The van der Waals surface area contributed by atoms with Crippen molar-refractivity contribution >= 4 is 52.4 Å². The topological polar surface area (TPSA) is 84.9 Å². The van der Waals surface area contributed by atoms with Crippen LogP contribution in [0.3, 0.4) is 0 Å². The Hall–Kier alpha value is -3.81. The molecule has 0 unspecified atom stereocenters. The number of hydrogen-bond acceptors (Lipinski definition) is 6. The summed E-state index contributed by atoms with van der Waals surface area (Å²) in [5.74, 6) is -0.793. The van der Waals surface area contributed by atoms with Gasteiger partial charge in [-0.3, -0.25) is 9.59 Å². The van der Waals surface area contributed by atoms with E-state index in [0.717, 1.165) is 10.5 Å². The Labute approximate surface area is 205 Å². The molecule has 0 fully saturated rings. The van der Waals surface area contributed by atoms with Gasteiger partial charge in [-0.15, -0.1) is 0 Å². The van der Waals surface area contributed by atoms with Gasteiger partial charge in [0.25, 0.3) is 11.8 Å². The first kappa shape index (κ1) is 23.4. The number of hydrogen-bond donors (Lipinski definition) is 1. The van der Waals surface area contributed by atoms with Gasteiger partial charge < -0.3 is 14.8 Å². The Morgan fingerprint density at radius 3 is 2.21 bits per heavy atom. The van der Waals surface area contributed by atoms with Crippen molar-refractivity contribution in [3.8, 4) is 11.5 Å². The van der Waals surface area contributed by atoms with Gasteiger partial charge in [0.2, 0.25) is 0 Å². The third kappa shape index (κ3) is 4.62. The van der Waals surface area contributed by atoms with E-state index >= 15 is 0 Å². The molecular weight excluding hydrogens is 479 g/mol. The lowest BCUT2D eigenvalue weighted by Gasteiger charge is -2.15. The van der Waals surface area contributed by atoms with E-state index in [9.17, 15) is 14.4 Å². The smallest absolute Gasteiger partial charge is 0.343 e. The summed E-state index contributed by atoms with van der Waals surface area (Å²) in [7, 11) is 1.52. The molecule has 3 aromatic carbocycles. The first-order chi connectivity index (χ1) is 16.3. The Morgan fingerprint density at radius 2 is 1.59 bits per heavy atom. The number of carbonyl (C=O) groups excluding carboxylic acids is 3. The van der Waals surface area contributed by atoms with Crippen molar-refractivity contribution in [2.75, 3.05) is 17.3 Å². The number of benzene rings is 3. The van der Waals surface area contributed by atoms with Crippen LogP contribution in [0.25, 0.3) is 0 Å². The summed E-state index contributed by atoms with van der Waals surface area (Å²) in [5, 5.41) is 3.18. The third-order valence-corrected chi connectivity index (χ3v) is 5.67. The minimum Gasteiger partial charge on any atom is -0.497 e. The molecule has 0 aliphatic carbocycles. The highest BCUT2D eigenvalue weighted by atomic mass is 35.5. The molecule has 1 N–H and O–H groups in total. The minimum atomic E-state index is -0.641. The van der Waals surface area contributed by atoms with Gasteiger partial charge in [-0.1, -0.05) is 23.2 Å². The van der Waals surface area contributed by atoms with Crippen molar-refractivity contribution < 1.29 is 23.9 Å². The predicted molar refractivity (Wildman–Crippen MR) is 130 cm³/mol. The second-order valence-corrected chi connectivity index (χ2v) is 8.15. The summed E-state index contributed by atoms with van der Waals surface area (Å²) in [6.07, 6.45) is 0. The van der Waals surface area contributed by atoms with Gasteiger partial charge in [-0.25, -0.2) is 9.69 Å². The Morgan fingerprint density at radius 1 is 0.912 bits per heavy atom. The SMILES string of the molecule is COc1ccc(N2C(=O)C(Cl)=C(Nc3ccc(C(=O)Oc4ccc(Cl)cc4C)cc3)C2=O)cc1. The number of halogens is 2. The van der Waals surface area contributed by atoms with E-state index < -0.39 is 17.8 Å². The second kappa shape index (κ2) is 9.59. The zero-order chi connectivity index (χ0) is 24.4. The van der Waals surface area contributed by atoms with Gasteiger partial charge in [0.1, 0.15) is 22.2 Å². The number of anilines is 2. The molecule has 0 aromatic heterocycles. The van der Waals surface area contributed by atoms with E-state index in [0.29, 0.717) is 33.5 Å². The molecule has 4 rings (SSSR count). The molecule has 34 heavy (non-hydrogen) atoms. The van der Waals surface area contributed by atoms with Gasteiger partial charge >= 0.3 is 5.97 Å². The van der Waals surface area contributed by atoms with Crippen LogP contribution in [0.4, 0.5) is 11.4 Å². The summed E-state index contributed by atoms with van der Waals surface area (Å²) in [4.78, 5) is 39.0. The third-order valence-electron chi connectivity index (χ3n) is 5.09. The molecule has 0 atom stereocenters. The Balaban J connectivity index is 1.47. The number of nitrogens with one attached hydrogen (secondary N) is 1. The number of methoxy groups -OCH3 is 1. The van der Waals surface area contributed by atoms with Gasteiger partial charge in [-0.2, -0.15) is 0 Å². The molecule has 0 radical (unpaired) electrons. The average Bonchev–Trinajstić information content (AvgIpc) is 3.04. The number of amides is 2. The van der Waals surface area contributed by atoms with Crippen molar-refractivity contribution in [2.24, 2.45) is 0 Å². The molecule has 1 aliphatic heterocycles. The number of ether oxygens (including phenoxy) is 2. The number of rotatable bonds is 6. The van der Waals surface area contributed by atoms with E-state index in [1.807, 2.05) is 0 Å². The van der Waals surface area contributed by atoms with E-state index in [1.54, 1.807) is 61.5 Å².